The SMILES string of the molecule is O=C(Cn1c(=O)/c(=N\O)nc(-c2ccccc2F)c2ccccc21)N1CCCC1. The molecule has 1 fully saturated rings. The predicted octanol–water partition coefficient (Wildman–Crippen LogP) is 2.11. The van der Waals surface area contributed by atoms with Crippen LogP contribution in [0.15, 0.2) is 58.5 Å². The van der Waals surface area contributed by atoms with Gasteiger partial charge in [0.15, 0.2) is 0 Å². The molecule has 0 spiro atoms. The second-order valence-corrected chi connectivity index (χ2v) is 6.86. The minimum Gasteiger partial charge on any atom is -0.409 e. The van der Waals surface area contributed by atoms with Gasteiger partial charge < -0.3 is 10.1 Å². The van der Waals surface area contributed by atoms with Gasteiger partial charge in [-0.2, -0.15) is 0 Å². The molecular formula is C21H19FN4O3. The third-order valence-electron chi connectivity index (χ3n) is 5.08. The molecule has 29 heavy (non-hydrogen) atoms. The van der Waals surface area contributed by atoms with Gasteiger partial charge in [-0.15, -0.1) is 0 Å². The minimum absolute atomic E-state index is 0.163. The first kappa shape index (κ1) is 18.8. The van der Waals surface area contributed by atoms with Crippen molar-refractivity contribution in [2.45, 2.75) is 19.4 Å². The molecule has 148 valence electrons. The normalized spacial score (nSPS) is 14.5. The lowest BCUT2D eigenvalue weighted by molar-refractivity contribution is -0.130. The molecule has 7 nitrogen and oxygen atoms in total. The first-order valence-corrected chi connectivity index (χ1v) is 9.35. The maximum atomic E-state index is 14.5. The zero-order valence-electron chi connectivity index (χ0n) is 15.6. The van der Waals surface area contributed by atoms with Crippen LogP contribution in [0.2, 0.25) is 0 Å². The number of hydrogen-bond donors (Lipinski definition) is 1. The van der Waals surface area contributed by atoms with E-state index in [0.29, 0.717) is 24.0 Å². The number of amides is 1. The molecule has 1 N–H and O–H groups in total. The van der Waals surface area contributed by atoms with Crippen LogP contribution in [-0.2, 0) is 11.3 Å². The molecule has 0 radical (unpaired) electrons. The first-order chi connectivity index (χ1) is 14.1. The lowest BCUT2D eigenvalue weighted by Gasteiger charge is -2.16. The molecular weight excluding hydrogens is 375 g/mol. The van der Waals surface area contributed by atoms with Crippen molar-refractivity contribution >= 4 is 16.8 Å². The van der Waals surface area contributed by atoms with Crippen LogP contribution in [0.1, 0.15) is 12.8 Å². The van der Waals surface area contributed by atoms with Crippen molar-refractivity contribution in [3.8, 4) is 11.3 Å². The molecule has 3 aromatic rings. The summed E-state index contributed by atoms with van der Waals surface area (Å²) in [6.07, 6.45) is 1.86. The van der Waals surface area contributed by atoms with Gasteiger partial charge in [-0.1, -0.05) is 35.5 Å². The van der Waals surface area contributed by atoms with Crippen LogP contribution in [0, 0.1) is 5.82 Å². The average molecular weight is 394 g/mol. The van der Waals surface area contributed by atoms with Crippen molar-refractivity contribution in [1.29, 1.82) is 0 Å². The summed E-state index contributed by atoms with van der Waals surface area (Å²) in [6, 6.07) is 12.9. The van der Waals surface area contributed by atoms with E-state index in [1.807, 2.05) is 0 Å². The summed E-state index contributed by atoms with van der Waals surface area (Å²) in [5.74, 6) is -0.718. The van der Waals surface area contributed by atoms with E-state index in [-0.39, 0.29) is 23.7 Å². The van der Waals surface area contributed by atoms with Crippen molar-refractivity contribution in [1.82, 2.24) is 14.5 Å². The highest BCUT2D eigenvalue weighted by Crippen LogP contribution is 2.26. The van der Waals surface area contributed by atoms with Crippen LogP contribution >= 0.6 is 0 Å². The molecule has 0 atom stereocenters. The Hall–Kier alpha value is -3.55. The molecule has 1 aliphatic rings. The van der Waals surface area contributed by atoms with E-state index < -0.39 is 16.9 Å². The van der Waals surface area contributed by atoms with Crippen molar-refractivity contribution in [2.75, 3.05) is 13.1 Å². The van der Waals surface area contributed by atoms with Crippen LogP contribution < -0.4 is 11.0 Å². The molecule has 2 heterocycles. The van der Waals surface area contributed by atoms with Crippen molar-refractivity contribution < 1.29 is 14.4 Å². The quantitative estimate of drug-likeness (QED) is 0.544. The van der Waals surface area contributed by atoms with Gasteiger partial charge >= 0.3 is 0 Å². The molecule has 1 amide bonds. The first-order valence-electron chi connectivity index (χ1n) is 9.35. The Balaban J connectivity index is 2.02. The molecule has 4 rings (SSSR count). The van der Waals surface area contributed by atoms with E-state index in [2.05, 4.69) is 10.1 Å². The Morgan fingerprint density at radius 1 is 1.10 bits per heavy atom. The summed E-state index contributed by atoms with van der Waals surface area (Å²) in [5, 5.41) is 12.9. The maximum absolute atomic E-state index is 14.5. The van der Waals surface area contributed by atoms with Gasteiger partial charge in [0.25, 0.3) is 11.0 Å². The molecule has 8 heteroatoms. The molecule has 0 unspecified atom stereocenters. The number of carbonyl (C=O) groups excluding carboxylic acids is 1. The number of rotatable bonds is 3. The fourth-order valence-electron chi connectivity index (χ4n) is 3.64. The van der Waals surface area contributed by atoms with E-state index in [9.17, 15) is 19.2 Å². The zero-order valence-corrected chi connectivity index (χ0v) is 15.6. The maximum Gasteiger partial charge on any atom is 0.300 e. The number of benzene rings is 2. The van der Waals surface area contributed by atoms with Crippen molar-refractivity contribution in [3.63, 3.8) is 0 Å². The summed E-state index contributed by atoms with van der Waals surface area (Å²) in [4.78, 5) is 31.6. The van der Waals surface area contributed by atoms with E-state index in [4.69, 9.17) is 0 Å². The van der Waals surface area contributed by atoms with Crippen LogP contribution in [0.5, 0.6) is 0 Å². The Morgan fingerprint density at radius 3 is 2.52 bits per heavy atom. The fraction of sp³-hybridized carbons (Fsp3) is 0.238. The topological polar surface area (TPSA) is 87.8 Å². The Bertz CT molecular complexity index is 1220. The number of carbonyl (C=O) groups is 1. The van der Waals surface area contributed by atoms with Gasteiger partial charge in [0.2, 0.25) is 5.91 Å². The molecule has 0 bridgehead atoms. The summed E-state index contributed by atoms with van der Waals surface area (Å²) in [5.41, 5.74) is -0.490. The van der Waals surface area contributed by atoms with Gasteiger partial charge in [0, 0.05) is 24.0 Å². The van der Waals surface area contributed by atoms with Crippen LogP contribution in [0.4, 0.5) is 4.39 Å². The second-order valence-electron chi connectivity index (χ2n) is 6.86. The van der Waals surface area contributed by atoms with E-state index >= 15 is 0 Å². The summed E-state index contributed by atoms with van der Waals surface area (Å²) in [7, 11) is 0. The van der Waals surface area contributed by atoms with Gasteiger partial charge in [-0.25, -0.2) is 9.37 Å². The number of fused-ring (bicyclic) bond motifs is 1. The Labute approximate surface area is 165 Å². The highest BCUT2D eigenvalue weighted by Gasteiger charge is 2.21. The largest absolute Gasteiger partial charge is 0.409 e. The van der Waals surface area contributed by atoms with Gasteiger partial charge in [-0.3, -0.25) is 14.2 Å². The molecule has 1 aromatic heterocycles. The molecule has 0 aliphatic carbocycles. The van der Waals surface area contributed by atoms with Crippen molar-refractivity contribution in [3.05, 3.63) is 70.2 Å². The van der Waals surface area contributed by atoms with E-state index in [1.165, 1.54) is 16.7 Å². The number of hydrogen-bond acceptors (Lipinski definition) is 5. The number of likely N-dealkylation sites (tertiary alicyclic amines) is 1. The molecule has 1 aliphatic heterocycles. The average Bonchev–Trinajstić information content (AvgIpc) is 3.25. The summed E-state index contributed by atoms with van der Waals surface area (Å²) < 4.78 is 15.7. The highest BCUT2D eigenvalue weighted by atomic mass is 19.1. The van der Waals surface area contributed by atoms with E-state index in [0.717, 1.165) is 12.8 Å². The Kier molecular flexibility index (Phi) is 5.07. The standard InChI is InChI=1S/C21H19FN4O3/c22-16-9-3-1-7-14(16)19-15-8-2-4-10-17(15)26(21(28)20(23-19)24-29)13-18(27)25-11-5-6-12-25/h1-4,7-10,29H,5-6,11-13H2/b24-20+. The number of aromatic nitrogens is 2. The monoisotopic (exact) mass is 394 g/mol. The van der Waals surface area contributed by atoms with Gasteiger partial charge in [0.1, 0.15) is 12.4 Å². The van der Waals surface area contributed by atoms with Gasteiger partial charge in [0.05, 0.1) is 11.2 Å². The van der Waals surface area contributed by atoms with E-state index in [1.54, 1.807) is 41.3 Å². The lowest BCUT2D eigenvalue weighted by Crippen LogP contribution is -2.39. The zero-order chi connectivity index (χ0) is 20.4. The fourth-order valence-corrected chi connectivity index (χ4v) is 3.64. The second kappa shape index (κ2) is 7.83. The molecule has 1 saturated heterocycles. The third-order valence-corrected chi connectivity index (χ3v) is 5.08. The molecule has 0 saturated carbocycles. The molecule has 2 aromatic carbocycles. The number of halogens is 1. The summed E-state index contributed by atoms with van der Waals surface area (Å²) >= 11 is 0. The van der Waals surface area contributed by atoms with Crippen LogP contribution in [0.3, 0.4) is 0 Å². The number of para-hydroxylation sites is 1. The lowest BCUT2D eigenvalue weighted by atomic mass is 10.1. The van der Waals surface area contributed by atoms with Crippen LogP contribution in [-0.4, -0.2) is 38.7 Å². The smallest absolute Gasteiger partial charge is 0.300 e. The summed E-state index contributed by atoms with van der Waals surface area (Å²) in [6.45, 7) is 1.09. The Morgan fingerprint density at radius 2 is 1.79 bits per heavy atom. The third kappa shape index (κ3) is 3.49. The van der Waals surface area contributed by atoms with Crippen molar-refractivity contribution in [2.24, 2.45) is 5.16 Å². The number of nitrogens with zero attached hydrogens (tertiary/aromatic N) is 4. The van der Waals surface area contributed by atoms with Gasteiger partial charge in [-0.05, 0) is 31.0 Å². The van der Waals surface area contributed by atoms with Crippen LogP contribution in [0.25, 0.3) is 22.2 Å². The predicted molar refractivity (Wildman–Crippen MR) is 105 cm³/mol. The highest BCUT2D eigenvalue weighted by molar-refractivity contribution is 5.92. The minimum atomic E-state index is -0.723.